The summed E-state index contributed by atoms with van der Waals surface area (Å²) in [5.74, 6) is -4.09. The molecule has 1 aliphatic heterocycles. The van der Waals surface area contributed by atoms with E-state index < -0.39 is 60.2 Å². The monoisotopic (exact) mass is 513 g/mol. The van der Waals surface area contributed by atoms with E-state index in [0.717, 1.165) is 0 Å². The molecular weight excluding hydrogens is 474 g/mol. The molecule has 13 N–H and O–H groups in total. The highest BCUT2D eigenvalue weighted by molar-refractivity contribution is 5.96. The minimum atomic E-state index is -1.33. The third kappa shape index (κ3) is 10.4. The normalized spacial score (nSPS) is 17.5. The van der Waals surface area contributed by atoms with Crippen LogP contribution in [0.4, 0.5) is 0 Å². The molecule has 4 atom stereocenters. The first-order valence-corrected chi connectivity index (χ1v) is 11.9. The van der Waals surface area contributed by atoms with E-state index in [0.29, 0.717) is 38.6 Å². The first-order valence-electron chi connectivity index (χ1n) is 11.9. The summed E-state index contributed by atoms with van der Waals surface area (Å²) in [4.78, 5) is 66.8. The van der Waals surface area contributed by atoms with Crippen molar-refractivity contribution in [2.75, 3.05) is 19.6 Å². The van der Waals surface area contributed by atoms with Gasteiger partial charge in [0.05, 0.1) is 12.5 Å². The van der Waals surface area contributed by atoms with E-state index >= 15 is 0 Å². The van der Waals surface area contributed by atoms with Gasteiger partial charge in [0.1, 0.15) is 18.1 Å². The molecule has 1 heterocycles. The Morgan fingerprint density at radius 1 is 1.00 bits per heavy atom. The lowest BCUT2D eigenvalue weighted by Gasteiger charge is -2.29. The Bertz CT molecular complexity index is 818. The predicted molar refractivity (Wildman–Crippen MR) is 131 cm³/mol. The van der Waals surface area contributed by atoms with E-state index in [1.54, 1.807) is 0 Å². The Morgan fingerprint density at radius 2 is 1.69 bits per heavy atom. The molecule has 0 aromatic rings. The molecule has 0 aromatic heterocycles. The average molecular weight is 514 g/mol. The maximum atomic E-state index is 13.2. The molecule has 0 aliphatic carbocycles. The van der Waals surface area contributed by atoms with Crippen LogP contribution in [0.5, 0.6) is 0 Å². The number of guanidine groups is 1. The summed E-state index contributed by atoms with van der Waals surface area (Å²) in [6, 6.07) is -4.40. The van der Waals surface area contributed by atoms with Crippen LogP contribution in [-0.2, 0) is 24.0 Å². The van der Waals surface area contributed by atoms with Gasteiger partial charge < -0.3 is 49.3 Å². The smallest absolute Gasteiger partial charge is 0.326 e. The molecule has 0 radical (unpaired) electrons. The highest BCUT2D eigenvalue weighted by atomic mass is 16.4. The van der Waals surface area contributed by atoms with Crippen LogP contribution in [-0.4, -0.2) is 89.4 Å². The molecule has 36 heavy (non-hydrogen) atoms. The largest absolute Gasteiger partial charge is 0.480 e. The second kappa shape index (κ2) is 15.5. The Balaban J connectivity index is 2.85. The molecule has 4 amide bonds. The number of carboxylic acid groups (broad SMARTS) is 1. The first-order chi connectivity index (χ1) is 17.0. The standard InChI is InChI=1S/C21H39N9O6/c22-8-2-1-6-13(20(35)36)28-18(33)15-7-4-10-30(15)19(34)14(11-16(24)31)29-17(32)12(23)5-3-9-27-21(25)26/h12-15H,1-11,22-23H2,(H2,24,31)(H,28,33)(H,29,32)(H,35,36)(H4,25,26,27). The fraction of sp³-hybridized carbons (Fsp3) is 0.714. The van der Waals surface area contributed by atoms with Crippen molar-refractivity contribution in [3.8, 4) is 0 Å². The maximum absolute atomic E-state index is 13.2. The van der Waals surface area contributed by atoms with E-state index in [9.17, 15) is 29.1 Å². The number of rotatable bonds is 16. The number of nitrogens with one attached hydrogen (secondary N) is 2. The fourth-order valence-electron chi connectivity index (χ4n) is 3.85. The molecule has 1 fully saturated rings. The topological polar surface area (TPSA) is 275 Å². The quantitative estimate of drug-likeness (QED) is 0.0570. The number of nitrogens with zero attached hydrogens (tertiary/aromatic N) is 2. The number of amides is 4. The zero-order chi connectivity index (χ0) is 27.3. The molecule has 15 nitrogen and oxygen atoms in total. The zero-order valence-electron chi connectivity index (χ0n) is 20.4. The van der Waals surface area contributed by atoms with E-state index in [2.05, 4.69) is 15.6 Å². The summed E-state index contributed by atoms with van der Waals surface area (Å²) in [5, 5.41) is 14.4. The number of hydrogen-bond donors (Lipinski definition) is 8. The Hall–Kier alpha value is -3.46. The molecule has 0 spiro atoms. The number of primary amides is 1. The predicted octanol–water partition coefficient (Wildman–Crippen LogP) is -3.58. The summed E-state index contributed by atoms with van der Waals surface area (Å²) in [7, 11) is 0. The first kappa shape index (κ1) is 30.6. The van der Waals surface area contributed by atoms with Crippen molar-refractivity contribution in [2.45, 2.75) is 75.5 Å². The summed E-state index contributed by atoms with van der Waals surface area (Å²) >= 11 is 0. The van der Waals surface area contributed by atoms with Gasteiger partial charge in [-0.3, -0.25) is 24.2 Å². The number of carboxylic acids is 1. The number of nitrogens with two attached hydrogens (primary N) is 5. The van der Waals surface area contributed by atoms with Crippen LogP contribution in [0.25, 0.3) is 0 Å². The molecule has 0 saturated carbocycles. The molecule has 0 bridgehead atoms. The maximum Gasteiger partial charge on any atom is 0.326 e. The second-order valence-corrected chi connectivity index (χ2v) is 8.66. The molecule has 1 saturated heterocycles. The van der Waals surface area contributed by atoms with Gasteiger partial charge in [0.2, 0.25) is 23.6 Å². The minimum Gasteiger partial charge on any atom is -0.480 e. The summed E-state index contributed by atoms with van der Waals surface area (Å²) < 4.78 is 0. The number of aliphatic imine (C=N–C) groups is 1. The highest BCUT2D eigenvalue weighted by Gasteiger charge is 2.39. The number of aliphatic carboxylic acids is 1. The van der Waals surface area contributed by atoms with Gasteiger partial charge in [-0.2, -0.15) is 0 Å². The summed E-state index contributed by atoms with van der Waals surface area (Å²) in [5.41, 5.74) is 27.1. The van der Waals surface area contributed by atoms with Crippen LogP contribution in [0.2, 0.25) is 0 Å². The SMILES string of the molecule is NCCCCC(NC(=O)C1CCCN1C(=O)C(CC(N)=O)NC(=O)C(N)CCCN=C(N)N)C(=O)O. The molecule has 204 valence electrons. The molecule has 1 aliphatic rings. The fourth-order valence-corrected chi connectivity index (χ4v) is 3.85. The summed E-state index contributed by atoms with van der Waals surface area (Å²) in [6.45, 7) is 0.858. The van der Waals surface area contributed by atoms with Gasteiger partial charge in [-0.15, -0.1) is 0 Å². The average Bonchev–Trinajstić information content (AvgIpc) is 3.29. The van der Waals surface area contributed by atoms with Gasteiger partial charge in [0, 0.05) is 13.1 Å². The van der Waals surface area contributed by atoms with Crippen molar-refractivity contribution in [1.82, 2.24) is 15.5 Å². The van der Waals surface area contributed by atoms with Crippen molar-refractivity contribution in [1.29, 1.82) is 0 Å². The minimum absolute atomic E-state index is 0.0884. The number of likely N-dealkylation sites (tertiary alicyclic amines) is 1. The lowest BCUT2D eigenvalue weighted by Crippen LogP contribution is -2.57. The second-order valence-electron chi connectivity index (χ2n) is 8.66. The zero-order valence-corrected chi connectivity index (χ0v) is 20.4. The van der Waals surface area contributed by atoms with Crippen molar-refractivity contribution in [3.05, 3.63) is 0 Å². The van der Waals surface area contributed by atoms with E-state index in [-0.39, 0.29) is 31.9 Å². The van der Waals surface area contributed by atoms with Gasteiger partial charge >= 0.3 is 5.97 Å². The Morgan fingerprint density at radius 3 is 2.28 bits per heavy atom. The van der Waals surface area contributed by atoms with Gasteiger partial charge in [-0.1, -0.05) is 0 Å². The van der Waals surface area contributed by atoms with E-state index in [1.807, 2.05) is 0 Å². The van der Waals surface area contributed by atoms with Crippen LogP contribution >= 0.6 is 0 Å². The lowest BCUT2D eigenvalue weighted by atomic mass is 10.1. The van der Waals surface area contributed by atoms with Crippen molar-refractivity contribution in [2.24, 2.45) is 33.7 Å². The van der Waals surface area contributed by atoms with Gasteiger partial charge in [-0.25, -0.2) is 4.79 Å². The molecule has 15 heteroatoms. The van der Waals surface area contributed by atoms with Gasteiger partial charge in [0.25, 0.3) is 0 Å². The molecular formula is C21H39N9O6. The number of unbranched alkanes of at least 4 members (excludes halogenated alkanes) is 1. The molecule has 4 unspecified atom stereocenters. The molecule has 1 rings (SSSR count). The van der Waals surface area contributed by atoms with Gasteiger partial charge in [-0.05, 0) is 51.5 Å². The Kier molecular flexibility index (Phi) is 13.2. The summed E-state index contributed by atoms with van der Waals surface area (Å²) in [6.07, 6.45) is 2.23. The van der Waals surface area contributed by atoms with E-state index in [4.69, 9.17) is 28.7 Å². The van der Waals surface area contributed by atoms with Crippen molar-refractivity contribution < 1.29 is 29.1 Å². The van der Waals surface area contributed by atoms with Crippen molar-refractivity contribution >= 4 is 35.6 Å². The highest BCUT2D eigenvalue weighted by Crippen LogP contribution is 2.20. The number of carbonyl (C=O) groups is 5. The van der Waals surface area contributed by atoms with Gasteiger partial charge in [0.15, 0.2) is 5.96 Å². The van der Waals surface area contributed by atoms with Crippen LogP contribution in [0, 0.1) is 0 Å². The number of carbonyl (C=O) groups excluding carboxylic acids is 4. The molecule has 0 aromatic carbocycles. The number of hydrogen-bond acceptors (Lipinski definition) is 8. The van der Waals surface area contributed by atoms with Crippen LogP contribution < -0.4 is 39.3 Å². The van der Waals surface area contributed by atoms with Crippen LogP contribution in [0.1, 0.15) is 51.4 Å². The van der Waals surface area contributed by atoms with Crippen LogP contribution in [0.15, 0.2) is 4.99 Å². The van der Waals surface area contributed by atoms with E-state index in [1.165, 1.54) is 4.90 Å². The van der Waals surface area contributed by atoms with Crippen molar-refractivity contribution in [3.63, 3.8) is 0 Å². The Labute approximate surface area is 209 Å². The third-order valence-corrected chi connectivity index (χ3v) is 5.72. The van der Waals surface area contributed by atoms with Crippen LogP contribution in [0.3, 0.4) is 0 Å². The third-order valence-electron chi connectivity index (χ3n) is 5.72. The lowest BCUT2D eigenvalue weighted by molar-refractivity contribution is -0.145.